The highest BCUT2D eigenvalue weighted by molar-refractivity contribution is 7.98. The normalized spacial score (nSPS) is 16.8. The number of aliphatic hydroxyl groups is 1. The van der Waals surface area contributed by atoms with Crippen molar-refractivity contribution in [3.05, 3.63) is 0 Å². The fourth-order valence-electron chi connectivity index (χ4n) is 6.72. The number of carbonyl (C=O) groups is 12. The third-order valence-electron chi connectivity index (χ3n) is 10.5. The van der Waals surface area contributed by atoms with E-state index in [1.54, 1.807) is 20.1 Å². The summed E-state index contributed by atoms with van der Waals surface area (Å²) in [6.07, 6.45) is -1.26. The van der Waals surface area contributed by atoms with E-state index < -0.39 is 151 Å². The van der Waals surface area contributed by atoms with Gasteiger partial charge in [-0.05, 0) is 76.3 Å². The lowest BCUT2D eigenvalue weighted by Gasteiger charge is -2.32. The van der Waals surface area contributed by atoms with Gasteiger partial charge in [0, 0.05) is 19.4 Å². The monoisotopic (exact) mass is 988 g/mol. The maximum absolute atomic E-state index is 14.0. The number of nitrogens with one attached hydrogen (secondary N) is 7. The van der Waals surface area contributed by atoms with Crippen molar-refractivity contribution in [2.24, 2.45) is 28.9 Å². The van der Waals surface area contributed by atoms with E-state index in [1.807, 2.05) is 0 Å². The van der Waals surface area contributed by atoms with E-state index in [9.17, 15) is 67.7 Å². The lowest BCUT2D eigenvalue weighted by atomic mass is 10.0. The second-order valence-corrected chi connectivity index (χ2v) is 17.4. The summed E-state index contributed by atoms with van der Waals surface area (Å²) in [5, 5.41) is 45.6. The van der Waals surface area contributed by atoms with E-state index in [-0.39, 0.29) is 58.0 Å². The summed E-state index contributed by atoms with van der Waals surface area (Å²) in [5.74, 6) is -12.0. The van der Waals surface area contributed by atoms with E-state index >= 15 is 0 Å². The van der Waals surface area contributed by atoms with Crippen LogP contribution in [0.3, 0.4) is 0 Å². The fourth-order valence-corrected chi connectivity index (χ4v) is 7.19. The number of thioether (sulfide) groups is 1. The van der Waals surface area contributed by atoms with Gasteiger partial charge in [-0.25, -0.2) is 4.79 Å². The number of primary amides is 2. The molecule has 28 heteroatoms. The van der Waals surface area contributed by atoms with Gasteiger partial charge in [0.05, 0.1) is 25.1 Å². The summed E-state index contributed by atoms with van der Waals surface area (Å²) in [6, 6.07) is -11.3. The third-order valence-corrected chi connectivity index (χ3v) is 11.1. The first-order valence-corrected chi connectivity index (χ1v) is 23.3. The van der Waals surface area contributed by atoms with Crippen molar-refractivity contribution in [2.75, 3.05) is 31.6 Å². The van der Waals surface area contributed by atoms with Crippen molar-refractivity contribution in [3.63, 3.8) is 0 Å². The molecule has 0 aromatic carbocycles. The number of nitrogens with two attached hydrogens (primary N) is 4. The smallest absolute Gasteiger partial charge is 0.326 e. The van der Waals surface area contributed by atoms with Crippen LogP contribution in [0, 0.1) is 5.92 Å². The SMILES string of the molecule is CSCC[C@H](NC(=O)[C@@H](N)CCC(=O)O)C(=O)N[C@H](C(=O)N1CCC[C@H]1C(=O)N[C@H](C(=O)N[C@@H](CC(N)=O)C(=O)NC(CCCN)C(=O)NCC(=O)N[C@@H](CCC(N)=O)C(=O)O)C(C)C)[C@@H](C)O. The van der Waals surface area contributed by atoms with Gasteiger partial charge in [-0.1, -0.05) is 13.8 Å². The molecule has 27 nitrogen and oxygen atoms in total. The Hall–Kier alpha value is -6.13. The number of hydrogen-bond donors (Lipinski definition) is 14. The number of nitrogens with zero attached hydrogens (tertiary/aromatic N) is 1. The topological polar surface area (TPSA) is 457 Å². The minimum Gasteiger partial charge on any atom is -0.481 e. The molecule has 1 heterocycles. The van der Waals surface area contributed by atoms with Gasteiger partial charge in [0.1, 0.15) is 42.3 Å². The molecule has 0 spiro atoms. The second-order valence-electron chi connectivity index (χ2n) is 16.4. The van der Waals surface area contributed by atoms with Crippen LogP contribution in [0.4, 0.5) is 0 Å². The van der Waals surface area contributed by atoms with Crippen LogP contribution in [0.5, 0.6) is 0 Å². The average molecular weight is 989 g/mol. The standard InChI is InChI=1S/C40H68N12O15S/c1-19(2)31(38(64)49-25(17-28(44)55)36(62)48-22(7-5-14-41)34(60)45-18-29(56)46-24(40(66)67)10-11-27(43)54)50-37(63)26-8-6-15-52(26)39(65)32(20(3)53)51-35(61)23(13-16-68-4)47-33(59)21(42)9-12-30(57)58/h19-26,31-32,53H,5-18,41-42H2,1-4H3,(H2,43,54)(H2,44,55)(H,45,60)(H,46,56)(H,47,59)(H,48,62)(H,49,64)(H,50,63)(H,51,61)(H,57,58)(H,66,67)/t20-,21+,22?,23+,24+,25+,26+,31+,32+/m1/s1. The highest BCUT2D eigenvalue weighted by atomic mass is 32.2. The van der Waals surface area contributed by atoms with Crippen LogP contribution in [0.15, 0.2) is 0 Å². The van der Waals surface area contributed by atoms with Gasteiger partial charge in [0.25, 0.3) is 0 Å². The molecular weight excluding hydrogens is 921 g/mol. The zero-order valence-corrected chi connectivity index (χ0v) is 39.4. The summed E-state index contributed by atoms with van der Waals surface area (Å²) < 4.78 is 0. The number of aliphatic carboxylic acids is 2. The van der Waals surface area contributed by atoms with Gasteiger partial charge in [-0.2, -0.15) is 11.8 Å². The van der Waals surface area contributed by atoms with Gasteiger partial charge >= 0.3 is 11.9 Å². The number of hydrogen-bond acceptors (Lipinski definition) is 16. The van der Waals surface area contributed by atoms with Crippen LogP contribution in [-0.4, -0.2) is 177 Å². The van der Waals surface area contributed by atoms with Crippen LogP contribution in [0.25, 0.3) is 0 Å². The van der Waals surface area contributed by atoms with E-state index in [2.05, 4.69) is 37.2 Å². The van der Waals surface area contributed by atoms with Crippen molar-refractivity contribution in [3.8, 4) is 0 Å². The van der Waals surface area contributed by atoms with Crippen LogP contribution in [0.1, 0.15) is 85.0 Å². The zero-order chi connectivity index (χ0) is 51.8. The lowest BCUT2D eigenvalue weighted by Crippen LogP contribution is -2.62. The molecule has 0 aromatic heterocycles. The molecule has 9 atom stereocenters. The highest BCUT2D eigenvalue weighted by Gasteiger charge is 2.42. The molecule has 0 aromatic rings. The summed E-state index contributed by atoms with van der Waals surface area (Å²) in [7, 11) is 0. The molecule has 18 N–H and O–H groups in total. The maximum atomic E-state index is 14.0. The van der Waals surface area contributed by atoms with Crippen molar-refractivity contribution in [2.45, 2.75) is 139 Å². The number of rotatable bonds is 32. The lowest BCUT2D eigenvalue weighted by molar-refractivity contribution is -0.145. The molecule has 0 saturated carbocycles. The first-order chi connectivity index (χ1) is 31.8. The largest absolute Gasteiger partial charge is 0.481 e. The second kappa shape index (κ2) is 30.3. The number of amides is 10. The molecule has 68 heavy (non-hydrogen) atoms. The predicted molar refractivity (Wildman–Crippen MR) is 242 cm³/mol. The quantitative estimate of drug-likeness (QED) is 0.0298. The van der Waals surface area contributed by atoms with E-state index in [1.165, 1.54) is 18.7 Å². The molecule has 10 amide bonds. The molecule has 1 fully saturated rings. The summed E-state index contributed by atoms with van der Waals surface area (Å²) in [4.78, 5) is 154. The van der Waals surface area contributed by atoms with E-state index in [4.69, 9.17) is 28.0 Å². The zero-order valence-electron chi connectivity index (χ0n) is 38.6. The Morgan fingerprint density at radius 2 is 1.29 bits per heavy atom. The van der Waals surface area contributed by atoms with Crippen molar-refractivity contribution in [1.29, 1.82) is 0 Å². The Bertz CT molecular complexity index is 1820. The van der Waals surface area contributed by atoms with Gasteiger partial charge in [0.2, 0.25) is 59.1 Å². The first-order valence-electron chi connectivity index (χ1n) is 21.9. The number of carboxylic acids is 2. The number of aliphatic hydroxyl groups excluding tert-OH is 1. The van der Waals surface area contributed by atoms with Gasteiger partial charge in [0.15, 0.2) is 0 Å². The summed E-state index contributed by atoms with van der Waals surface area (Å²) in [6.45, 7) is 3.64. The summed E-state index contributed by atoms with van der Waals surface area (Å²) in [5.41, 5.74) is 21.9. The Kier molecular flexibility index (Phi) is 26.7. The highest BCUT2D eigenvalue weighted by Crippen LogP contribution is 2.21. The van der Waals surface area contributed by atoms with Crippen molar-refractivity contribution in [1.82, 2.24) is 42.1 Å². The summed E-state index contributed by atoms with van der Waals surface area (Å²) >= 11 is 1.35. The van der Waals surface area contributed by atoms with Crippen molar-refractivity contribution >= 4 is 82.8 Å². The number of carboxylic acid groups (broad SMARTS) is 2. The Morgan fingerprint density at radius 1 is 0.691 bits per heavy atom. The van der Waals surface area contributed by atoms with E-state index in [0.29, 0.717) is 12.2 Å². The molecule has 384 valence electrons. The van der Waals surface area contributed by atoms with Crippen LogP contribution in [0.2, 0.25) is 0 Å². The molecule has 0 aliphatic carbocycles. The molecule has 1 aliphatic heterocycles. The van der Waals surface area contributed by atoms with E-state index in [0.717, 1.165) is 4.90 Å². The predicted octanol–water partition coefficient (Wildman–Crippen LogP) is -6.05. The minimum absolute atomic E-state index is 0.00383. The van der Waals surface area contributed by atoms with Gasteiger partial charge in [-0.3, -0.25) is 52.7 Å². The minimum atomic E-state index is -1.71. The maximum Gasteiger partial charge on any atom is 0.326 e. The van der Waals surface area contributed by atoms with Gasteiger partial charge < -0.3 is 80.4 Å². The molecule has 0 radical (unpaired) electrons. The first kappa shape index (κ1) is 59.9. The van der Waals surface area contributed by atoms with Crippen LogP contribution in [-0.2, 0) is 57.5 Å². The van der Waals surface area contributed by atoms with Crippen LogP contribution >= 0.6 is 11.8 Å². The Balaban J connectivity index is 3.20. The van der Waals surface area contributed by atoms with Crippen LogP contribution < -0.4 is 60.2 Å². The fraction of sp³-hybridized carbons (Fsp3) is 0.700. The number of carbonyl (C=O) groups excluding carboxylic acids is 10. The molecule has 1 aliphatic rings. The average Bonchev–Trinajstić information content (AvgIpc) is 3.76. The Labute approximate surface area is 396 Å². The molecule has 1 rings (SSSR count). The van der Waals surface area contributed by atoms with Gasteiger partial charge in [-0.15, -0.1) is 0 Å². The molecule has 1 unspecified atom stereocenters. The number of likely N-dealkylation sites (tertiary alicyclic amines) is 1. The third kappa shape index (κ3) is 21.2. The molecule has 0 bridgehead atoms. The molecular formula is C40H68N12O15S. The Morgan fingerprint density at radius 3 is 1.84 bits per heavy atom. The molecule has 1 saturated heterocycles. The van der Waals surface area contributed by atoms with Crippen molar-refractivity contribution < 1.29 is 72.9 Å².